The summed E-state index contributed by atoms with van der Waals surface area (Å²) < 4.78 is 14.7. The highest BCUT2D eigenvalue weighted by atomic mass is 79.9. The van der Waals surface area contributed by atoms with Gasteiger partial charge in [0.25, 0.3) is 0 Å². The van der Waals surface area contributed by atoms with Gasteiger partial charge in [0.1, 0.15) is 11.3 Å². The molecule has 3 heterocycles. The lowest BCUT2D eigenvalue weighted by molar-refractivity contribution is 0.114. The van der Waals surface area contributed by atoms with Crippen molar-refractivity contribution in [1.29, 1.82) is 0 Å². The average Bonchev–Trinajstić information content (AvgIpc) is 2.81. The fourth-order valence-electron chi connectivity index (χ4n) is 3.72. The molecule has 2 bridgehead atoms. The van der Waals surface area contributed by atoms with Gasteiger partial charge in [0, 0.05) is 18.5 Å². The van der Waals surface area contributed by atoms with Crippen LogP contribution in [0.3, 0.4) is 0 Å². The van der Waals surface area contributed by atoms with Crippen LogP contribution in [0, 0.1) is 5.82 Å². The molecule has 0 saturated carbocycles. The molecule has 4 rings (SSSR count). The molecule has 1 aromatic carbocycles. The van der Waals surface area contributed by atoms with Crippen molar-refractivity contribution in [3.63, 3.8) is 0 Å². The third kappa shape index (κ3) is 2.39. The van der Waals surface area contributed by atoms with E-state index in [1.807, 2.05) is 4.90 Å². The number of piperazine rings is 1. The quantitative estimate of drug-likeness (QED) is 0.722. The van der Waals surface area contributed by atoms with Crippen molar-refractivity contribution in [1.82, 2.24) is 14.9 Å². The minimum Gasteiger partial charge on any atom is -0.465 e. The summed E-state index contributed by atoms with van der Waals surface area (Å²) in [6.45, 7) is 1.03. The van der Waals surface area contributed by atoms with Crippen LogP contribution in [-0.4, -0.2) is 51.2 Å². The summed E-state index contributed by atoms with van der Waals surface area (Å²) in [4.78, 5) is 23.2. The van der Waals surface area contributed by atoms with Gasteiger partial charge in [0.05, 0.1) is 16.6 Å². The number of hydrogen-bond donors (Lipinski definition) is 1. The van der Waals surface area contributed by atoms with Crippen LogP contribution in [0.2, 0.25) is 5.28 Å². The second kappa shape index (κ2) is 5.70. The molecule has 24 heavy (non-hydrogen) atoms. The highest BCUT2D eigenvalue weighted by molar-refractivity contribution is 9.10. The van der Waals surface area contributed by atoms with Crippen molar-refractivity contribution in [2.24, 2.45) is 0 Å². The van der Waals surface area contributed by atoms with Crippen LogP contribution in [0.25, 0.3) is 10.9 Å². The number of aromatic nitrogens is 2. The summed E-state index contributed by atoms with van der Waals surface area (Å²) in [5, 5.41) is 9.91. The van der Waals surface area contributed by atoms with E-state index < -0.39 is 11.9 Å². The van der Waals surface area contributed by atoms with E-state index in [9.17, 15) is 14.3 Å². The normalized spacial score (nSPS) is 23.1. The van der Waals surface area contributed by atoms with Gasteiger partial charge in [-0.2, -0.15) is 4.98 Å². The number of hydrogen-bond acceptors (Lipinski definition) is 4. The Morgan fingerprint density at radius 3 is 2.58 bits per heavy atom. The van der Waals surface area contributed by atoms with Gasteiger partial charge >= 0.3 is 6.09 Å². The van der Waals surface area contributed by atoms with Crippen molar-refractivity contribution in [3.8, 4) is 0 Å². The first-order chi connectivity index (χ1) is 11.5. The van der Waals surface area contributed by atoms with Crippen molar-refractivity contribution in [2.45, 2.75) is 24.9 Å². The predicted molar refractivity (Wildman–Crippen MR) is 91.1 cm³/mol. The van der Waals surface area contributed by atoms with E-state index >= 15 is 0 Å². The van der Waals surface area contributed by atoms with Crippen LogP contribution in [0.15, 0.2) is 16.6 Å². The summed E-state index contributed by atoms with van der Waals surface area (Å²) in [6.07, 6.45) is 0.761. The number of amides is 1. The van der Waals surface area contributed by atoms with Crippen molar-refractivity contribution in [2.75, 3.05) is 18.0 Å². The maximum absolute atomic E-state index is 14.4. The fraction of sp³-hybridized carbons (Fsp3) is 0.400. The molecule has 2 unspecified atom stereocenters. The molecule has 2 aromatic rings. The fourth-order valence-corrected chi connectivity index (χ4v) is 4.21. The Morgan fingerprint density at radius 2 is 1.96 bits per heavy atom. The molecule has 1 aromatic heterocycles. The molecule has 2 atom stereocenters. The lowest BCUT2D eigenvalue weighted by atomic mass is 10.1. The maximum Gasteiger partial charge on any atom is 0.407 e. The van der Waals surface area contributed by atoms with E-state index in [1.54, 1.807) is 12.1 Å². The zero-order valence-corrected chi connectivity index (χ0v) is 14.8. The molecule has 2 aliphatic heterocycles. The highest BCUT2D eigenvalue weighted by Crippen LogP contribution is 2.36. The number of fused-ring (bicyclic) bond motifs is 3. The summed E-state index contributed by atoms with van der Waals surface area (Å²) >= 11 is 9.15. The minimum atomic E-state index is -0.886. The van der Waals surface area contributed by atoms with E-state index in [4.69, 9.17) is 11.6 Å². The highest BCUT2D eigenvalue weighted by Gasteiger charge is 2.43. The lowest BCUT2D eigenvalue weighted by Gasteiger charge is -2.40. The van der Waals surface area contributed by atoms with Gasteiger partial charge in [-0.25, -0.2) is 14.2 Å². The van der Waals surface area contributed by atoms with Crippen molar-refractivity contribution >= 4 is 50.3 Å². The Kier molecular flexibility index (Phi) is 3.76. The third-order valence-electron chi connectivity index (χ3n) is 4.71. The summed E-state index contributed by atoms with van der Waals surface area (Å²) in [5.41, 5.74) is 0.160. The van der Waals surface area contributed by atoms with Gasteiger partial charge in [-0.1, -0.05) is 0 Å². The zero-order valence-electron chi connectivity index (χ0n) is 12.4. The first kappa shape index (κ1) is 15.8. The minimum absolute atomic E-state index is 0.0255. The van der Waals surface area contributed by atoms with Crippen LogP contribution in [-0.2, 0) is 0 Å². The van der Waals surface area contributed by atoms with Crippen molar-refractivity contribution < 1.29 is 14.3 Å². The number of halogens is 3. The van der Waals surface area contributed by atoms with Crippen LogP contribution in [0.4, 0.5) is 15.0 Å². The molecule has 2 fully saturated rings. The Labute approximate surface area is 150 Å². The lowest BCUT2D eigenvalue weighted by Crippen LogP contribution is -2.55. The van der Waals surface area contributed by atoms with Gasteiger partial charge in [0.2, 0.25) is 5.28 Å². The van der Waals surface area contributed by atoms with Gasteiger partial charge in [-0.15, -0.1) is 0 Å². The number of nitrogens with zero attached hydrogens (tertiary/aromatic N) is 4. The Morgan fingerprint density at radius 1 is 1.29 bits per heavy atom. The number of carboxylic acid groups (broad SMARTS) is 1. The zero-order chi connectivity index (χ0) is 17.0. The number of rotatable bonds is 1. The Balaban J connectivity index is 1.78. The first-order valence-corrected chi connectivity index (χ1v) is 8.70. The SMILES string of the molecule is O=C(O)N1C2CCC1CN(c1nc(Cl)nc3c(F)c(Br)ccc13)C2. The number of benzene rings is 1. The largest absolute Gasteiger partial charge is 0.465 e. The molecule has 0 spiro atoms. The van der Waals surface area contributed by atoms with E-state index in [0.717, 1.165) is 12.8 Å². The Hall–Kier alpha value is -1.67. The first-order valence-electron chi connectivity index (χ1n) is 7.53. The van der Waals surface area contributed by atoms with E-state index in [1.165, 1.54) is 4.90 Å². The second-order valence-electron chi connectivity index (χ2n) is 6.05. The number of anilines is 1. The summed E-state index contributed by atoms with van der Waals surface area (Å²) in [5.74, 6) is 0.0727. The van der Waals surface area contributed by atoms with Gasteiger partial charge in [-0.05, 0) is 52.5 Å². The molecule has 0 aliphatic carbocycles. The van der Waals surface area contributed by atoms with Gasteiger partial charge < -0.3 is 10.0 Å². The van der Waals surface area contributed by atoms with E-state index in [2.05, 4.69) is 25.9 Å². The van der Waals surface area contributed by atoms with Crippen LogP contribution >= 0.6 is 27.5 Å². The maximum atomic E-state index is 14.4. The van der Waals surface area contributed by atoms with Gasteiger partial charge in [0.15, 0.2) is 5.82 Å². The topological polar surface area (TPSA) is 69.6 Å². The van der Waals surface area contributed by atoms with Crippen LogP contribution < -0.4 is 4.90 Å². The Bertz CT molecular complexity index is 838. The molecule has 0 radical (unpaired) electrons. The molecule has 1 N–H and O–H groups in total. The molecule has 2 saturated heterocycles. The standard InChI is InChI=1S/C15H13BrClFN4O2/c16-10-4-3-9-12(11(10)18)19-14(17)20-13(9)21-5-7-1-2-8(6-21)22(7)15(23)24/h3-4,7-8H,1-2,5-6H2,(H,23,24). The molecule has 1 amide bonds. The average molecular weight is 416 g/mol. The van der Waals surface area contributed by atoms with E-state index in [-0.39, 0.29) is 22.9 Å². The van der Waals surface area contributed by atoms with Crippen LogP contribution in [0.1, 0.15) is 12.8 Å². The number of carbonyl (C=O) groups is 1. The van der Waals surface area contributed by atoms with E-state index in [0.29, 0.717) is 28.8 Å². The van der Waals surface area contributed by atoms with Crippen LogP contribution in [0.5, 0.6) is 0 Å². The second-order valence-corrected chi connectivity index (χ2v) is 7.25. The third-order valence-corrected chi connectivity index (χ3v) is 5.50. The molecular weight excluding hydrogens is 403 g/mol. The smallest absolute Gasteiger partial charge is 0.407 e. The molecule has 9 heteroatoms. The molecular formula is C15H13BrClFN4O2. The molecule has 126 valence electrons. The summed E-state index contributed by atoms with van der Waals surface area (Å²) in [6, 6.07) is 3.20. The molecule has 2 aliphatic rings. The summed E-state index contributed by atoms with van der Waals surface area (Å²) in [7, 11) is 0. The van der Waals surface area contributed by atoms with Crippen molar-refractivity contribution in [3.05, 3.63) is 27.7 Å². The van der Waals surface area contributed by atoms with Gasteiger partial charge in [-0.3, -0.25) is 4.90 Å². The monoisotopic (exact) mass is 414 g/mol. The molecule has 6 nitrogen and oxygen atoms in total. The predicted octanol–water partition coefficient (Wildman–Crippen LogP) is 3.52.